The van der Waals surface area contributed by atoms with Crippen LogP contribution in [0, 0.1) is 0 Å². The zero-order valence-electron chi connectivity index (χ0n) is 12.9. The average Bonchev–Trinajstić information content (AvgIpc) is 2.54. The smallest absolute Gasteiger partial charge is 0.295 e. The fourth-order valence-corrected chi connectivity index (χ4v) is 3.36. The molecule has 0 amide bonds. The lowest BCUT2D eigenvalue weighted by atomic mass is 9.81. The maximum absolute atomic E-state index is 13.1. The molecule has 0 radical (unpaired) electrons. The van der Waals surface area contributed by atoms with E-state index in [-0.39, 0.29) is 16.7 Å². The third kappa shape index (κ3) is 4.07. The molecule has 1 aliphatic carbocycles. The van der Waals surface area contributed by atoms with E-state index >= 15 is 0 Å². The van der Waals surface area contributed by atoms with Crippen LogP contribution in [0.4, 0.5) is 13.2 Å². The van der Waals surface area contributed by atoms with Gasteiger partial charge in [0.15, 0.2) is 5.78 Å². The van der Waals surface area contributed by atoms with Crippen LogP contribution in [-0.2, 0) is 11.0 Å². The number of halogens is 5. The Morgan fingerprint density at radius 1 is 0.960 bits per heavy atom. The van der Waals surface area contributed by atoms with Gasteiger partial charge in [-0.15, -0.1) is 0 Å². The molecule has 0 N–H and O–H groups in total. The van der Waals surface area contributed by atoms with E-state index in [2.05, 4.69) is 0 Å². The van der Waals surface area contributed by atoms with Gasteiger partial charge in [-0.2, -0.15) is 13.2 Å². The number of carbonyl (C=O) groups excluding carboxylic acids is 1. The highest BCUT2D eigenvalue weighted by Crippen LogP contribution is 2.40. The van der Waals surface area contributed by atoms with Gasteiger partial charge in [-0.25, -0.2) is 0 Å². The van der Waals surface area contributed by atoms with Crippen molar-refractivity contribution in [2.24, 2.45) is 0 Å². The first-order valence-corrected chi connectivity index (χ1v) is 8.35. The number of benzene rings is 2. The number of ketones is 1. The van der Waals surface area contributed by atoms with Crippen LogP contribution in [0.15, 0.2) is 48.5 Å². The fourth-order valence-electron chi connectivity index (χ4n) is 3.01. The van der Waals surface area contributed by atoms with Crippen LogP contribution in [-0.4, -0.2) is 5.78 Å². The first-order chi connectivity index (χ1) is 11.7. The topological polar surface area (TPSA) is 17.1 Å². The molecule has 1 atom stereocenters. The van der Waals surface area contributed by atoms with Crippen molar-refractivity contribution in [1.29, 1.82) is 0 Å². The molecule has 0 spiro atoms. The van der Waals surface area contributed by atoms with Gasteiger partial charge in [0.25, 0.3) is 0 Å². The van der Waals surface area contributed by atoms with Gasteiger partial charge in [0.1, 0.15) is 0 Å². The van der Waals surface area contributed by atoms with Crippen molar-refractivity contribution in [3.05, 3.63) is 75.3 Å². The zero-order chi connectivity index (χ0) is 18.2. The lowest BCUT2D eigenvalue weighted by Crippen LogP contribution is -2.13. The molecule has 130 valence electrons. The van der Waals surface area contributed by atoms with E-state index < -0.39 is 11.7 Å². The average molecular weight is 385 g/mol. The van der Waals surface area contributed by atoms with Crippen LogP contribution in [0.1, 0.15) is 35.4 Å². The van der Waals surface area contributed by atoms with Gasteiger partial charge >= 0.3 is 6.18 Å². The summed E-state index contributed by atoms with van der Waals surface area (Å²) in [5.41, 5.74) is 0.990. The molecule has 0 saturated heterocycles. The number of carbonyl (C=O) groups is 1. The lowest BCUT2D eigenvalue weighted by Gasteiger charge is -2.23. The minimum Gasteiger partial charge on any atom is -0.295 e. The van der Waals surface area contributed by atoms with E-state index in [1.54, 1.807) is 12.1 Å². The summed E-state index contributed by atoms with van der Waals surface area (Å²) >= 11 is 11.6. The number of allylic oxidation sites excluding steroid dienone is 2. The van der Waals surface area contributed by atoms with Gasteiger partial charge in [-0.05, 0) is 59.4 Å². The highest BCUT2D eigenvalue weighted by molar-refractivity contribution is 6.31. The van der Waals surface area contributed by atoms with E-state index in [1.807, 2.05) is 12.1 Å². The molecule has 3 rings (SSSR count). The quantitative estimate of drug-likeness (QED) is 0.574. The molecular formula is C19H13Cl2F3O. The maximum Gasteiger partial charge on any atom is 0.417 e. The van der Waals surface area contributed by atoms with Crippen LogP contribution >= 0.6 is 23.2 Å². The number of alkyl halides is 3. The summed E-state index contributed by atoms with van der Waals surface area (Å²) in [4.78, 5) is 12.1. The molecule has 0 unspecified atom stereocenters. The second-order valence-corrected chi connectivity index (χ2v) is 6.83. The molecular weight excluding hydrogens is 372 g/mol. The zero-order valence-corrected chi connectivity index (χ0v) is 14.4. The first-order valence-electron chi connectivity index (χ1n) is 7.60. The van der Waals surface area contributed by atoms with E-state index in [1.165, 1.54) is 18.2 Å². The summed E-state index contributed by atoms with van der Waals surface area (Å²) in [5.74, 6) is -0.195. The van der Waals surface area contributed by atoms with E-state index in [0.29, 0.717) is 29.0 Å². The number of hydrogen-bond donors (Lipinski definition) is 0. The van der Waals surface area contributed by atoms with Crippen molar-refractivity contribution in [2.75, 3.05) is 0 Å². The molecule has 0 aromatic heterocycles. The van der Waals surface area contributed by atoms with Crippen molar-refractivity contribution < 1.29 is 18.0 Å². The van der Waals surface area contributed by atoms with Gasteiger partial charge in [-0.3, -0.25) is 4.79 Å². The van der Waals surface area contributed by atoms with Gasteiger partial charge in [0, 0.05) is 11.4 Å². The van der Waals surface area contributed by atoms with Crippen molar-refractivity contribution in [2.45, 2.75) is 24.9 Å². The monoisotopic (exact) mass is 384 g/mol. The molecule has 2 aromatic rings. The van der Waals surface area contributed by atoms with E-state index in [0.717, 1.165) is 11.6 Å². The van der Waals surface area contributed by atoms with Crippen molar-refractivity contribution in [1.82, 2.24) is 0 Å². The first kappa shape index (κ1) is 18.0. The summed E-state index contributed by atoms with van der Waals surface area (Å²) in [6, 6.07) is 10.9. The largest absolute Gasteiger partial charge is 0.417 e. The van der Waals surface area contributed by atoms with Crippen LogP contribution in [0.5, 0.6) is 0 Å². The van der Waals surface area contributed by atoms with Crippen molar-refractivity contribution in [3.63, 3.8) is 0 Å². The molecule has 2 aromatic carbocycles. The van der Waals surface area contributed by atoms with Crippen LogP contribution in [0.25, 0.3) is 5.57 Å². The Kier molecular flexibility index (Phi) is 4.94. The molecule has 1 aliphatic rings. The summed E-state index contributed by atoms with van der Waals surface area (Å²) in [6.45, 7) is 0. The molecule has 6 heteroatoms. The van der Waals surface area contributed by atoms with Crippen molar-refractivity contribution in [3.8, 4) is 0 Å². The number of rotatable bonds is 2. The number of hydrogen-bond acceptors (Lipinski definition) is 1. The second kappa shape index (κ2) is 6.85. The standard InChI is InChI=1S/C19H13Cl2F3O/c20-15-4-1-11(2-5-15)13-7-14(9-16(25)8-13)12-3-6-18(21)17(10-12)19(22,23)24/h1-6,9-10,13H,7-8H2/t13-/m1/s1. The molecule has 0 bridgehead atoms. The maximum atomic E-state index is 13.1. The van der Waals surface area contributed by atoms with Crippen LogP contribution in [0.2, 0.25) is 10.0 Å². The highest BCUT2D eigenvalue weighted by atomic mass is 35.5. The minimum absolute atomic E-state index is 0.0882. The molecule has 25 heavy (non-hydrogen) atoms. The molecule has 1 nitrogen and oxygen atoms in total. The summed E-state index contributed by atoms with van der Waals surface area (Å²) in [7, 11) is 0. The Bertz CT molecular complexity index is 839. The second-order valence-electron chi connectivity index (χ2n) is 5.98. The third-order valence-corrected chi connectivity index (χ3v) is 4.81. The van der Waals surface area contributed by atoms with Crippen LogP contribution in [0.3, 0.4) is 0 Å². The Hall–Kier alpha value is -1.78. The minimum atomic E-state index is -4.54. The molecule has 0 saturated carbocycles. The van der Waals surface area contributed by atoms with Gasteiger partial charge in [0.05, 0.1) is 10.6 Å². The Morgan fingerprint density at radius 3 is 2.28 bits per heavy atom. The Balaban J connectivity index is 1.94. The molecule has 0 fully saturated rings. The SMILES string of the molecule is O=C1C=C(c2ccc(Cl)c(C(F)(F)F)c2)C[C@@H](c2ccc(Cl)cc2)C1. The fraction of sp³-hybridized carbons (Fsp3) is 0.211. The lowest BCUT2D eigenvalue weighted by molar-refractivity contribution is -0.137. The van der Waals surface area contributed by atoms with Gasteiger partial charge in [-0.1, -0.05) is 41.4 Å². The summed E-state index contributed by atoms with van der Waals surface area (Å²) in [5, 5.41) is 0.238. The Morgan fingerprint density at radius 2 is 1.64 bits per heavy atom. The summed E-state index contributed by atoms with van der Waals surface area (Å²) in [6.07, 6.45) is -2.31. The van der Waals surface area contributed by atoms with E-state index in [9.17, 15) is 18.0 Å². The van der Waals surface area contributed by atoms with Crippen molar-refractivity contribution >= 4 is 34.6 Å². The predicted octanol–water partition coefficient (Wildman–Crippen LogP) is 6.54. The van der Waals surface area contributed by atoms with Gasteiger partial charge in [0.2, 0.25) is 0 Å². The van der Waals surface area contributed by atoms with E-state index in [4.69, 9.17) is 23.2 Å². The highest BCUT2D eigenvalue weighted by Gasteiger charge is 2.34. The van der Waals surface area contributed by atoms with Gasteiger partial charge < -0.3 is 0 Å². The molecule has 0 aliphatic heterocycles. The summed E-state index contributed by atoms with van der Waals surface area (Å²) < 4.78 is 39.2. The normalized spacial score (nSPS) is 18.2. The predicted molar refractivity (Wildman–Crippen MR) is 92.9 cm³/mol. The Labute approximate surface area is 153 Å². The third-order valence-electron chi connectivity index (χ3n) is 4.23. The van der Waals surface area contributed by atoms with Crippen LogP contribution < -0.4 is 0 Å². The molecule has 0 heterocycles.